The number of benzene rings is 2. The van der Waals surface area contributed by atoms with E-state index in [4.69, 9.17) is 9.47 Å². The lowest BCUT2D eigenvalue weighted by Crippen LogP contribution is -2.14. The summed E-state index contributed by atoms with van der Waals surface area (Å²) in [4.78, 5) is 12.6. The first-order chi connectivity index (χ1) is 10.7. The minimum Gasteiger partial charge on any atom is -0.497 e. The van der Waals surface area contributed by atoms with Crippen LogP contribution in [0.3, 0.4) is 0 Å². The Morgan fingerprint density at radius 1 is 0.955 bits per heavy atom. The normalized spacial score (nSPS) is 15.5. The molecule has 0 N–H and O–H groups in total. The molecule has 0 unspecified atom stereocenters. The molecule has 0 fully saturated rings. The summed E-state index contributed by atoms with van der Waals surface area (Å²) in [5.41, 5.74) is 3.67. The van der Waals surface area contributed by atoms with E-state index in [0.29, 0.717) is 0 Å². The van der Waals surface area contributed by atoms with Crippen LogP contribution in [-0.4, -0.2) is 20.0 Å². The molecule has 22 heavy (non-hydrogen) atoms. The highest BCUT2D eigenvalue weighted by atomic mass is 16.5. The summed E-state index contributed by atoms with van der Waals surface area (Å²) in [7, 11) is 3.28. The van der Waals surface area contributed by atoms with Gasteiger partial charge in [0, 0.05) is 11.1 Å². The molecule has 2 aromatic carbocycles. The van der Waals surface area contributed by atoms with Gasteiger partial charge in [-0.05, 0) is 60.4 Å². The van der Waals surface area contributed by atoms with E-state index in [1.54, 1.807) is 14.2 Å². The molecule has 3 rings (SSSR count). The summed E-state index contributed by atoms with van der Waals surface area (Å²) in [6.07, 6.45) is 3.56. The molecule has 0 bridgehead atoms. The van der Waals surface area contributed by atoms with Crippen LogP contribution in [0.4, 0.5) is 0 Å². The molecule has 0 amide bonds. The Labute approximate surface area is 130 Å². The smallest absolute Gasteiger partial charge is 0.189 e. The van der Waals surface area contributed by atoms with Gasteiger partial charge in [-0.2, -0.15) is 0 Å². The lowest BCUT2D eigenvalue weighted by molar-refractivity contribution is 0.102. The van der Waals surface area contributed by atoms with Gasteiger partial charge in [0.25, 0.3) is 0 Å². The lowest BCUT2D eigenvalue weighted by atomic mass is 9.86. The van der Waals surface area contributed by atoms with E-state index in [9.17, 15) is 4.79 Å². The zero-order chi connectivity index (χ0) is 15.5. The zero-order valence-corrected chi connectivity index (χ0v) is 12.8. The van der Waals surface area contributed by atoms with E-state index < -0.39 is 0 Å². The van der Waals surface area contributed by atoms with Crippen LogP contribution in [0, 0.1) is 0 Å². The maximum Gasteiger partial charge on any atom is 0.189 e. The van der Waals surface area contributed by atoms with E-state index >= 15 is 0 Å². The molecule has 0 heterocycles. The van der Waals surface area contributed by atoms with Crippen molar-refractivity contribution < 1.29 is 14.3 Å². The SMILES string of the molecule is COc1cccc(C=C2CCc3cc(OC)ccc3C2=O)c1. The van der Waals surface area contributed by atoms with E-state index in [1.165, 1.54) is 0 Å². The van der Waals surface area contributed by atoms with Crippen LogP contribution in [0.2, 0.25) is 0 Å². The molecular weight excluding hydrogens is 276 g/mol. The van der Waals surface area contributed by atoms with Crippen LogP contribution in [0.25, 0.3) is 6.08 Å². The van der Waals surface area contributed by atoms with Gasteiger partial charge in [0.15, 0.2) is 5.78 Å². The largest absolute Gasteiger partial charge is 0.497 e. The van der Waals surface area contributed by atoms with Crippen LogP contribution in [0.1, 0.15) is 27.9 Å². The van der Waals surface area contributed by atoms with Crippen molar-refractivity contribution in [3.8, 4) is 11.5 Å². The van der Waals surface area contributed by atoms with Crippen molar-refractivity contribution in [1.29, 1.82) is 0 Å². The third-order valence-corrected chi connectivity index (χ3v) is 3.95. The number of methoxy groups -OCH3 is 2. The van der Waals surface area contributed by atoms with Crippen molar-refractivity contribution in [3.63, 3.8) is 0 Å². The molecule has 0 radical (unpaired) electrons. The summed E-state index contributed by atoms with van der Waals surface area (Å²) < 4.78 is 10.4. The van der Waals surface area contributed by atoms with E-state index in [1.807, 2.05) is 48.5 Å². The maximum atomic E-state index is 12.6. The number of hydrogen-bond donors (Lipinski definition) is 0. The predicted octanol–water partition coefficient (Wildman–Crippen LogP) is 3.92. The molecule has 0 saturated heterocycles. The molecular formula is C19H18O3. The standard InChI is InChI=1S/C19H18O3/c1-21-16-5-3-4-13(11-16)10-15-7-6-14-12-17(22-2)8-9-18(14)19(15)20/h3-5,8-12H,6-7H2,1-2H3. The number of Topliss-reactive ketones (excluding diaryl/α,β-unsaturated/α-hetero) is 1. The van der Waals surface area contributed by atoms with Gasteiger partial charge in [0.2, 0.25) is 0 Å². The van der Waals surface area contributed by atoms with Gasteiger partial charge in [-0.25, -0.2) is 0 Å². The van der Waals surface area contributed by atoms with Crippen molar-refractivity contribution in [2.75, 3.05) is 14.2 Å². The molecule has 112 valence electrons. The number of rotatable bonds is 3. The number of carbonyl (C=O) groups is 1. The van der Waals surface area contributed by atoms with Crippen molar-refractivity contribution in [3.05, 3.63) is 64.7 Å². The summed E-state index contributed by atoms with van der Waals surface area (Å²) in [5, 5.41) is 0. The molecule has 2 aromatic rings. The highest BCUT2D eigenvalue weighted by molar-refractivity contribution is 6.13. The van der Waals surface area contributed by atoms with Crippen LogP contribution in [0.5, 0.6) is 11.5 Å². The molecule has 0 aliphatic heterocycles. The second-order valence-corrected chi connectivity index (χ2v) is 5.30. The first-order valence-electron chi connectivity index (χ1n) is 7.27. The molecule has 3 nitrogen and oxygen atoms in total. The maximum absolute atomic E-state index is 12.6. The second-order valence-electron chi connectivity index (χ2n) is 5.30. The summed E-state index contributed by atoms with van der Waals surface area (Å²) in [6.45, 7) is 0. The molecule has 0 aromatic heterocycles. The number of carbonyl (C=O) groups excluding carboxylic acids is 1. The minimum absolute atomic E-state index is 0.103. The molecule has 1 aliphatic rings. The first kappa shape index (κ1) is 14.4. The van der Waals surface area contributed by atoms with Gasteiger partial charge in [0.05, 0.1) is 14.2 Å². The van der Waals surface area contributed by atoms with Gasteiger partial charge in [-0.15, -0.1) is 0 Å². The van der Waals surface area contributed by atoms with Crippen molar-refractivity contribution in [1.82, 2.24) is 0 Å². The third-order valence-electron chi connectivity index (χ3n) is 3.95. The summed E-state index contributed by atoms with van der Waals surface area (Å²) >= 11 is 0. The Morgan fingerprint density at radius 2 is 1.73 bits per heavy atom. The Hall–Kier alpha value is -2.55. The van der Waals surface area contributed by atoms with Crippen LogP contribution < -0.4 is 9.47 Å². The number of hydrogen-bond acceptors (Lipinski definition) is 3. The molecule has 0 saturated carbocycles. The van der Waals surface area contributed by atoms with Gasteiger partial charge in [-0.1, -0.05) is 12.1 Å². The molecule has 0 atom stereocenters. The lowest BCUT2D eigenvalue weighted by Gasteiger charge is -2.18. The van der Waals surface area contributed by atoms with Gasteiger partial charge in [-0.3, -0.25) is 4.79 Å². The fraction of sp³-hybridized carbons (Fsp3) is 0.211. The quantitative estimate of drug-likeness (QED) is 0.805. The van der Waals surface area contributed by atoms with E-state index in [-0.39, 0.29) is 5.78 Å². The van der Waals surface area contributed by atoms with Gasteiger partial charge < -0.3 is 9.47 Å². The predicted molar refractivity (Wildman–Crippen MR) is 86.6 cm³/mol. The van der Waals surface area contributed by atoms with Crippen LogP contribution >= 0.6 is 0 Å². The number of allylic oxidation sites excluding steroid dienone is 1. The number of ether oxygens (including phenoxy) is 2. The monoisotopic (exact) mass is 294 g/mol. The molecule has 1 aliphatic carbocycles. The summed E-state index contributed by atoms with van der Waals surface area (Å²) in [6, 6.07) is 13.4. The van der Waals surface area contributed by atoms with E-state index in [0.717, 1.165) is 46.6 Å². The highest BCUT2D eigenvalue weighted by Gasteiger charge is 2.22. The summed E-state index contributed by atoms with van der Waals surface area (Å²) in [5.74, 6) is 1.70. The number of ketones is 1. The molecule has 0 spiro atoms. The average Bonchev–Trinajstić information content (AvgIpc) is 2.57. The average molecular weight is 294 g/mol. The minimum atomic E-state index is 0.103. The Kier molecular flexibility index (Phi) is 3.96. The fourth-order valence-corrected chi connectivity index (χ4v) is 2.75. The number of fused-ring (bicyclic) bond motifs is 1. The Balaban J connectivity index is 1.93. The van der Waals surface area contributed by atoms with E-state index in [2.05, 4.69) is 0 Å². The Bertz CT molecular complexity index is 744. The van der Waals surface area contributed by atoms with Gasteiger partial charge >= 0.3 is 0 Å². The van der Waals surface area contributed by atoms with Crippen LogP contribution in [-0.2, 0) is 6.42 Å². The van der Waals surface area contributed by atoms with Crippen molar-refractivity contribution in [2.24, 2.45) is 0 Å². The third kappa shape index (κ3) is 2.75. The zero-order valence-electron chi connectivity index (χ0n) is 12.8. The molecule has 3 heteroatoms. The van der Waals surface area contributed by atoms with Crippen molar-refractivity contribution >= 4 is 11.9 Å². The Morgan fingerprint density at radius 3 is 2.50 bits per heavy atom. The highest BCUT2D eigenvalue weighted by Crippen LogP contribution is 2.29. The topological polar surface area (TPSA) is 35.5 Å². The van der Waals surface area contributed by atoms with Gasteiger partial charge in [0.1, 0.15) is 11.5 Å². The fourth-order valence-electron chi connectivity index (χ4n) is 2.75. The van der Waals surface area contributed by atoms with Crippen LogP contribution in [0.15, 0.2) is 48.0 Å². The number of aryl methyl sites for hydroxylation is 1. The van der Waals surface area contributed by atoms with Crippen molar-refractivity contribution in [2.45, 2.75) is 12.8 Å². The second kappa shape index (κ2) is 6.06. The first-order valence-corrected chi connectivity index (χ1v) is 7.27.